The number of aryl methyl sites for hydroxylation is 2. The van der Waals surface area contributed by atoms with Crippen molar-refractivity contribution < 1.29 is 0 Å². The molecule has 0 saturated carbocycles. The lowest BCUT2D eigenvalue weighted by molar-refractivity contribution is 1.07. The van der Waals surface area contributed by atoms with Crippen molar-refractivity contribution >= 4 is 38.6 Å². The van der Waals surface area contributed by atoms with Gasteiger partial charge in [0.1, 0.15) is 0 Å². The summed E-state index contributed by atoms with van der Waals surface area (Å²) >= 11 is 6.48. The molecule has 0 amide bonds. The summed E-state index contributed by atoms with van der Waals surface area (Å²) in [5, 5.41) is 9.97. The van der Waals surface area contributed by atoms with Gasteiger partial charge in [-0.15, -0.1) is 21.5 Å². The van der Waals surface area contributed by atoms with Crippen LogP contribution < -0.4 is 0 Å². The van der Waals surface area contributed by atoms with Gasteiger partial charge >= 0.3 is 0 Å². The van der Waals surface area contributed by atoms with Crippen molar-refractivity contribution in [2.45, 2.75) is 13.8 Å². The van der Waals surface area contributed by atoms with E-state index in [1.807, 2.05) is 13.8 Å². The first kappa shape index (κ1) is 9.23. The average Bonchev–Trinajstić information content (AvgIpc) is 2.58. The van der Waals surface area contributed by atoms with Crippen LogP contribution in [0.4, 0.5) is 0 Å². The molecular weight excluding hydrogens is 270 g/mol. The minimum absolute atomic E-state index is 0.813. The molecule has 0 spiro atoms. The molecule has 0 atom stereocenters. The molecule has 2 aromatic heterocycles. The van der Waals surface area contributed by atoms with Gasteiger partial charge in [0.2, 0.25) is 0 Å². The monoisotopic (exact) mass is 275 g/mol. The van der Waals surface area contributed by atoms with Crippen LogP contribution in [-0.2, 0) is 0 Å². The molecule has 2 rings (SSSR count). The van der Waals surface area contributed by atoms with E-state index in [1.165, 1.54) is 11.3 Å². The predicted octanol–water partition coefficient (Wildman–Crippen LogP) is 3.04. The molecule has 0 radical (unpaired) electrons. The van der Waals surface area contributed by atoms with Crippen LogP contribution in [0.1, 0.15) is 10.7 Å². The molecule has 0 N–H and O–H groups in total. The molecule has 13 heavy (non-hydrogen) atoms. The van der Waals surface area contributed by atoms with Crippen molar-refractivity contribution in [2.75, 3.05) is 0 Å². The molecule has 0 aliphatic heterocycles. The molecule has 0 unspecified atom stereocenters. The number of aromatic nitrogens is 3. The number of hydrogen-bond acceptors (Lipinski definition) is 5. The molecule has 0 bridgehead atoms. The summed E-state index contributed by atoms with van der Waals surface area (Å²) in [4.78, 5) is 5.46. The highest BCUT2D eigenvalue weighted by Gasteiger charge is 2.11. The molecule has 0 fully saturated rings. The Bertz CT molecular complexity index is 435. The van der Waals surface area contributed by atoms with Gasteiger partial charge in [0, 0.05) is 0 Å². The Morgan fingerprint density at radius 2 is 1.92 bits per heavy atom. The van der Waals surface area contributed by atoms with Gasteiger partial charge in [-0.2, -0.15) is 0 Å². The maximum atomic E-state index is 4.34. The van der Waals surface area contributed by atoms with Gasteiger partial charge in [-0.05, 0) is 29.8 Å². The van der Waals surface area contributed by atoms with E-state index in [1.54, 1.807) is 11.3 Å². The summed E-state index contributed by atoms with van der Waals surface area (Å²) in [5.74, 6) is 0. The van der Waals surface area contributed by atoms with Gasteiger partial charge < -0.3 is 0 Å². The molecule has 0 aliphatic rings. The minimum atomic E-state index is 0.813. The van der Waals surface area contributed by atoms with Crippen molar-refractivity contribution in [2.24, 2.45) is 0 Å². The van der Waals surface area contributed by atoms with Crippen LogP contribution in [0.2, 0.25) is 0 Å². The van der Waals surface area contributed by atoms with Crippen LogP contribution in [0.3, 0.4) is 0 Å². The first-order valence-corrected chi connectivity index (χ1v) is 6.03. The van der Waals surface area contributed by atoms with Crippen LogP contribution in [0.15, 0.2) is 3.92 Å². The first-order chi connectivity index (χ1) is 6.16. The second-order valence-corrected chi connectivity index (χ2v) is 5.96. The highest BCUT2D eigenvalue weighted by molar-refractivity contribution is 9.11. The fraction of sp³-hybridized carbons (Fsp3) is 0.286. The Kier molecular flexibility index (Phi) is 2.44. The zero-order valence-electron chi connectivity index (χ0n) is 7.04. The lowest BCUT2D eigenvalue weighted by Gasteiger charge is -1.87. The summed E-state index contributed by atoms with van der Waals surface area (Å²) in [6.07, 6.45) is 0. The zero-order valence-corrected chi connectivity index (χ0v) is 10.3. The summed E-state index contributed by atoms with van der Waals surface area (Å²) in [7, 11) is 0. The van der Waals surface area contributed by atoms with Crippen molar-refractivity contribution in [3.8, 4) is 9.88 Å². The third-order valence-electron chi connectivity index (χ3n) is 1.50. The highest BCUT2D eigenvalue weighted by atomic mass is 79.9. The maximum Gasteiger partial charge on any atom is 0.183 e. The fourth-order valence-corrected chi connectivity index (χ4v) is 3.18. The van der Waals surface area contributed by atoms with Crippen molar-refractivity contribution in [3.63, 3.8) is 0 Å². The molecular formula is C7H6BrN3S2. The van der Waals surface area contributed by atoms with E-state index in [-0.39, 0.29) is 0 Å². The molecule has 68 valence electrons. The Morgan fingerprint density at radius 3 is 2.38 bits per heavy atom. The molecule has 0 aromatic carbocycles. The van der Waals surface area contributed by atoms with E-state index in [0.717, 1.165) is 24.5 Å². The highest BCUT2D eigenvalue weighted by Crippen LogP contribution is 2.33. The number of rotatable bonds is 1. The van der Waals surface area contributed by atoms with Crippen molar-refractivity contribution in [3.05, 3.63) is 14.6 Å². The second-order valence-electron chi connectivity index (χ2n) is 2.51. The van der Waals surface area contributed by atoms with Crippen LogP contribution in [0, 0.1) is 13.8 Å². The van der Waals surface area contributed by atoms with E-state index < -0.39 is 0 Å². The van der Waals surface area contributed by atoms with E-state index in [4.69, 9.17) is 0 Å². The molecule has 3 nitrogen and oxygen atoms in total. The Hall–Kier alpha value is -0.330. The third kappa shape index (κ3) is 1.79. The fourth-order valence-electron chi connectivity index (χ4n) is 1.03. The van der Waals surface area contributed by atoms with Gasteiger partial charge in [-0.1, -0.05) is 11.3 Å². The SMILES string of the molecule is Cc1nc(C)c(-c2nnc(Br)s2)s1. The maximum absolute atomic E-state index is 4.34. The average molecular weight is 276 g/mol. The van der Waals surface area contributed by atoms with Gasteiger partial charge in [0.15, 0.2) is 8.92 Å². The third-order valence-corrected chi connectivity index (χ3v) is 4.08. The number of halogens is 1. The minimum Gasteiger partial charge on any atom is -0.246 e. The summed E-state index contributed by atoms with van der Waals surface area (Å²) in [5.41, 5.74) is 1.03. The standard InChI is InChI=1S/C7H6BrN3S2/c1-3-5(12-4(2)9-3)6-10-11-7(8)13-6/h1-2H3. The predicted molar refractivity (Wildman–Crippen MR) is 58.2 cm³/mol. The normalized spacial score (nSPS) is 10.7. The van der Waals surface area contributed by atoms with E-state index in [2.05, 4.69) is 31.1 Å². The number of thiazole rings is 1. The number of hydrogen-bond donors (Lipinski definition) is 0. The number of nitrogens with zero attached hydrogens (tertiary/aromatic N) is 3. The van der Waals surface area contributed by atoms with Crippen molar-refractivity contribution in [1.29, 1.82) is 0 Å². The quantitative estimate of drug-likeness (QED) is 0.803. The largest absolute Gasteiger partial charge is 0.246 e. The molecule has 0 aliphatic carbocycles. The molecule has 2 aromatic rings. The van der Waals surface area contributed by atoms with Crippen LogP contribution in [-0.4, -0.2) is 15.2 Å². The van der Waals surface area contributed by atoms with Crippen LogP contribution in [0.25, 0.3) is 9.88 Å². The van der Waals surface area contributed by atoms with Crippen molar-refractivity contribution in [1.82, 2.24) is 15.2 Å². The van der Waals surface area contributed by atoms with E-state index in [0.29, 0.717) is 0 Å². The van der Waals surface area contributed by atoms with Gasteiger partial charge in [0.05, 0.1) is 15.6 Å². The summed E-state index contributed by atoms with van der Waals surface area (Å²) in [6, 6.07) is 0. The Labute approximate surface area is 92.0 Å². The smallest absolute Gasteiger partial charge is 0.183 e. The zero-order chi connectivity index (χ0) is 9.42. The Balaban J connectivity index is 2.51. The summed E-state index contributed by atoms with van der Waals surface area (Å²) in [6.45, 7) is 3.99. The second kappa shape index (κ2) is 3.43. The lowest BCUT2D eigenvalue weighted by Crippen LogP contribution is -1.76. The van der Waals surface area contributed by atoms with Crippen LogP contribution in [0.5, 0.6) is 0 Å². The Morgan fingerprint density at radius 1 is 1.15 bits per heavy atom. The van der Waals surface area contributed by atoms with E-state index in [9.17, 15) is 0 Å². The van der Waals surface area contributed by atoms with E-state index >= 15 is 0 Å². The first-order valence-electron chi connectivity index (χ1n) is 3.60. The van der Waals surface area contributed by atoms with Gasteiger partial charge in [0.25, 0.3) is 0 Å². The van der Waals surface area contributed by atoms with Gasteiger partial charge in [-0.3, -0.25) is 0 Å². The molecule has 6 heteroatoms. The molecule has 2 heterocycles. The van der Waals surface area contributed by atoms with Crippen LogP contribution >= 0.6 is 38.6 Å². The topological polar surface area (TPSA) is 38.7 Å². The van der Waals surface area contributed by atoms with Gasteiger partial charge in [-0.25, -0.2) is 4.98 Å². The molecule has 0 saturated heterocycles. The summed E-state index contributed by atoms with van der Waals surface area (Å²) < 4.78 is 0.813. The lowest BCUT2D eigenvalue weighted by atomic mass is 10.4.